The second-order valence-corrected chi connectivity index (χ2v) is 6.50. The van der Waals surface area contributed by atoms with Crippen LogP contribution in [0.1, 0.15) is 19.4 Å². The van der Waals surface area contributed by atoms with Gasteiger partial charge in [-0.3, -0.25) is 9.80 Å². The quantitative estimate of drug-likeness (QED) is 0.848. The van der Waals surface area contributed by atoms with E-state index >= 15 is 0 Å². The highest BCUT2D eigenvalue weighted by Gasteiger charge is 2.28. The van der Waals surface area contributed by atoms with Gasteiger partial charge in [-0.15, -0.1) is 0 Å². The van der Waals surface area contributed by atoms with Crippen molar-refractivity contribution in [1.29, 1.82) is 0 Å². The highest BCUT2D eigenvalue weighted by Crippen LogP contribution is 2.14. The predicted molar refractivity (Wildman–Crippen MR) is 87.3 cm³/mol. The molecule has 0 spiro atoms. The van der Waals surface area contributed by atoms with Crippen LogP contribution in [0.4, 0.5) is 0 Å². The van der Waals surface area contributed by atoms with E-state index in [0.29, 0.717) is 18.6 Å². The molecule has 0 aromatic heterocycles. The molecule has 118 valence electrons. The van der Waals surface area contributed by atoms with Crippen molar-refractivity contribution in [2.24, 2.45) is 5.73 Å². The van der Waals surface area contributed by atoms with Gasteiger partial charge in [-0.1, -0.05) is 30.3 Å². The van der Waals surface area contributed by atoms with Gasteiger partial charge in [0.05, 0.1) is 6.10 Å². The summed E-state index contributed by atoms with van der Waals surface area (Å²) in [6, 6.07) is 11.0. The Kier molecular flexibility index (Phi) is 5.76. The summed E-state index contributed by atoms with van der Waals surface area (Å²) in [5, 5.41) is 10.4. The van der Waals surface area contributed by atoms with Crippen molar-refractivity contribution in [2.75, 3.05) is 26.7 Å². The number of likely N-dealkylation sites (N-methyl/N-ethyl adjacent to an activating group) is 1. The lowest BCUT2D eigenvalue weighted by atomic mass is 10.0. The summed E-state index contributed by atoms with van der Waals surface area (Å²) in [7, 11) is 2.17. The second kappa shape index (κ2) is 7.36. The number of piperazine rings is 1. The van der Waals surface area contributed by atoms with Gasteiger partial charge in [0.1, 0.15) is 0 Å². The molecule has 3 N–H and O–H groups in total. The molecule has 1 aliphatic heterocycles. The number of aliphatic hydroxyl groups excluding tert-OH is 1. The van der Waals surface area contributed by atoms with E-state index in [1.165, 1.54) is 5.56 Å². The van der Waals surface area contributed by atoms with E-state index in [1.807, 2.05) is 18.2 Å². The zero-order chi connectivity index (χ0) is 15.4. The van der Waals surface area contributed by atoms with Gasteiger partial charge in [0, 0.05) is 37.8 Å². The third kappa shape index (κ3) is 4.51. The molecule has 1 heterocycles. The molecule has 4 unspecified atom stereocenters. The minimum absolute atomic E-state index is 0.210. The Bertz CT molecular complexity index is 413. The molecule has 4 atom stereocenters. The molecule has 0 radical (unpaired) electrons. The lowest BCUT2D eigenvalue weighted by Gasteiger charge is -2.43. The average molecular weight is 291 g/mol. The molecule has 21 heavy (non-hydrogen) atoms. The number of hydrogen-bond donors (Lipinski definition) is 2. The zero-order valence-corrected chi connectivity index (χ0v) is 13.4. The Morgan fingerprint density at radius 2 is 1.76 bits per heavy atom. The first-order chi connectivity index (χ1) is 9.97. The Labute approximate surface area is 128 Å². The Hall–Kier alpha value is -0.940. The molecule has 0 bridgehead atoms. The number of hydrogen-bond acceptors (Lipinski definition) is 4. The molecule has 2 rings (SSSR count). The van der Waals surface area contributed by atoms with Gasteiger partial charge in [0.15, 0.2) is 0 Å². The van der Waals surface area contributed by atoms with Crippen molar-refractivity contribution >= 4 is 0 Å². The van der Waals surface area contributed by atoms with Crippen LogP contribution in [0.5, 0.6) is 0 Å². The Balaban J connectivity index is 1.84. The molecule has 0 saturated carbocycles. The average Bonchev–Trinajstić information content (AvgIpc) is 2.45. The Morgan fingerprint density at radius 1 is 1.19 bits per heavy atom. The summed E-state index contributed by atoms with van der Waals surface area (Å²) >= 11 is 0. The smallest absolute Gasteiger partial charge is 0.0820 e. The molecule has 1 fully saturated rings. The van der Waals surface area contributed by atoms with Crippen LogP contribution in [-0.2, 0) is 6.42 Å². The van der Waals surface area contributed by atoms with E-state index in [0.717, 1.165) is 19.5 Å². The van der Waals surface area contributed by atoms with Crippen LogP contribution in [0.2, 0.25) is 0 Å². The van der Waals surface area contributed by atoms with Crippen LogP contribution in [0, 0.1) is 0 Å². The number of rotatable bonds is 5. The highest BCUT2D eigenvalue weighted by molar-refractivity contribution is 5.16. The van der Waals surface area contributed by atoms with Crippen LogP contribution in [0.25, 0.3) is 0 Å². The molecule has 4 nitrogen and oxygen atoms in total. The molecular weight excluding hydrogens is 262 g/mol. The van der Waals surface area contributed by atoms with Crippen molar-refractivity contribution in [3.8, 4) is 0 Å². The summed E-state index contributed by atoms with van der Waals surface area (Å²) < 4.78 is 0. The molecule has 1 saturated heterocycles. The topological polar surface area (TPSA) is 52.7 Å². The third-order valence-corrected chi connectivity index (χ3v) is 4.69. The third-order valence-electron chi connectivity index (χ3n) is 4.69. The van der Waals surface area contributed by atoms with Crippen molar-refractivity contribution in [3.63, 3.8) is 0 Å². The van der Waals surface area contributed by atoms with Crippen molar-refractivity contribution in [3.05, 3.63) is 35.9 Å². The highest BCUT2D eigenvalue weighted by atomic mass is 16.3. The van der Waals surface area contributed by atoms with Crippen molar-refractivity contribution in [2.45, 2.75) is 44.5 Å². The first kappa shape index (κ1) is 16.4. The number of aliphatic hydroxyl groups is 1. The molecule has 0 aliphatic carbocycles. The van der Waals surface area contributed by atoms with Crippen LogP contribution in [0.15, 0.2) is 30.3 Å². The molecule has 1 aromatic carbocycles. The van der Waals surface area contributed by atoms with Crippen LogP contribution in [0.3, 0.4) is 0 Å². The molecular formula is C17H29N3O. The normalized spacial score (nSPS) is 27.5. The summed E-state index contributed by atoms with van der Waals surface area (Å²) in [6.45, 7) is 7.13. The maximum Gasteiger partial charge on any atom is 0.0820 e. The fourth-order valence-corrected chi connectivity index (χ4v) is 3.09. The lowest BCUT2D eigenvalue weighted by molar-refractivity contribution is 0.0218. The van der Waals surface area contributed by atoms with E-state index in [-0.39, 0.29) is 6.04 Å². The molecule has 0 amide bonds. The predicted octanol–water partition coefficient (Wildman–Crippen LogP) is 0.942. The number of β-amino-alcohol motifs (C(OH)–C–C–N with tert-alkyl or cyclic N) is 1. The summed E-state index contributed by atoms with van der Waals surface area (Å²) in [5.41, 5.74) is 7.36. The number of benzene rings is 1. The molecule has 1 aromatic rings. The van der Waals surface area contributed by atoms with Crippen molar-refractivity contribution < 1.29 is 5.11 Å². The monoisotopic (exact) mass is 291 g/mol. The molecule has 4 heteroatoms. The van der Waals surface area contributed by atoms with Crippen LogP contribution < -0.4 is 5.73 Å². The first-order valence-corrected chi connectivity index (χ1v) is 7.89. The minimum atomic E-state index is -0.479. The lowest BCUT2D eigenvalue weighted by Crippen LogP contribution is -2.57. The van der Waals surface area contributed by atoms with Gasteiger partial charge in [-0.25, -0.2) is 0 Å². The van der Waals surface area contributed by atoms with Gasteiger partial charge < -0.3 is 10.8 Å². The molecule has 1 aliphatic rings. The van der Waals surface area contributed by atoms with Gasteiger partial charge >= 0.3 is 0 Å². The van der Waals surface area contributed by atoms with E-state index < -0.39 is 6.10 Å². The largest absolute Gasteiger partial charge is 0.390 e. The summed E-state index contributed by atoms with van der Waals surface area (Å²) in [4.78, 5) is 4.73. The van der Waals surface area contributed by atoms with E-state index in [4.69, 9.17) is 5.73 Å². The second-order valence-electron chi connectivity index (χ2n) is 6.50. The van der Waals surface area contributed by atoms with Gasteiger partial charge in [-0.2, -0.15) is 0 Å². The maximum absolute atomic E-state index is 10.4. The zero-order valence-electron chi connectivity index (χ0n) is 13.4. The summed E-state index contributed by atoms with van der Waals surface area (Å²) in [5.74, 6) is 0. The first-order valence-electron chi connectivity index (χ1n) is 7.89. The standard InChI is InChI=1S/C17H29N3O/c1-13-10-20(11-14(2)19(13)3)12-17(21)16(18)9-15-7-5-4-6-8-15/h4-8,13-14,16-17,21H,9-12,18H2,1-3H3. The summed E-state index contributed by atoms with van der Waals surface area (Å²) in [6.07, 6.45) is 0.244. The van der Waals surface area contributed by atoms with Crippen molar-refractivity contribution in [1.82, 2.24) is 9.80 Å². The Morgan fingerprint density at radius 3 is 2.33 bits per heavy atom. The van der Waals surface area contributed by atoms with E-state index in [1.54, 1.807) is 0 Å². The minimum Gasteiger partial charge on any atom is -0.390 e. The fourth-order valence-electron chi connectivity index (χ4n) is 3.09. The van der Waals surface area contributed by atoms with E-state index in [2.05, 4.69) is 42.8 Å². The fraction of sp³-hybridized carbons (Fsp3) is 0.647. The SMILES string of the molecule is CC1CN(CC(O)C(N)Cc2ccccc2)CC(C)N1C. The van der Waals surface area contributed by atoms with Crippen LogP contribution >= 0.6 is 0 Å². The van der Waals surface area contributed by atoms with Gasteiger partial charge in [-0.05, 0) is 32.9 Å². The van der Waals surface area contributed by atoms with Gasteiger partial charge in [0.2, 0.25) is 0 Å². The number of nitrogens with two attached hydrogens (primary N) is 1. The van der Waals surface area contributed by atoms with Crippen LogP contribution in [-0.4, -0.2) is 65.8 Å². The van der Waals surface area contributed by atoms with E-state index in [9.17, 15) is 5.11 Å². The number of nitrogens with zero attached hydrogens (tertiary/aromatic N) is 2. The van der Waals surface area contributed by atoms with Gasteiger partial charge in [0.25, 0.3) is 0 Å². The maximum atomic E-state index is 10.4.